The summed E-state index contributed by atoms with van der Waals surface area (Å²) in [6.07, 6.45) is 4.42. The molecule has 0 aliphatic carbocycles. The second kappa shape index (κ2) is 5.75. The van der Waals surface area contributed by atoms with Gasteiger partial charge in [0.15, 0.2) is 11.6 Å². The maximum absolute atomic E-state index is 13.9. The van der Waals surface area contributed by atoms with Gasteiger partial charge in [0.05, 0.1) is 18.8 Å². The van der Waals surface area contributed by atoms with E-state index in [0.717, 1.165) is 28.7 Å². The SMILES string of the molecule is CCc1ncnc2c1ccn2C(C)c1ccc(OC)c(F)c1. The molecule has 0 N–H and O–H groups in total. The molecule has 5 heteroatoms. The molecule has 3 rings (SSSR count). The Kier molecular flexibility index (Phi) is 3.79. The van der Waals surface area contributed by atoms with Crippen molar-refractivity contribution in [3.05, 3.63) is 53.9 Å². The van der Waals surface area contributed by atoms with Gasteiger partial charge in [-0.25, -0.2) is 14.4 Å². The molecule has 0 saturated heterocycles. The number of ether oxygens (including phenoxy) is 1. The Balaban J connectivity index is 2.05. The van der Waals surface area contributed by atoms with Gasteiger partial charge in [-0.05, 0) is 37.1 Å². The molecule has 2 aromatic heterocycles. The number of aromatic nitrogens is 3. The van der Waals surface area contributed by atoms with E-state index in [0.29, 0.717) is 0 Å². The Bertz CT molecular complexity index is 813. The molecule has 114 valence electrons. The summed E-state index contributed by atoms with van der Waals surface area (Å²) in [6, 6.07) is 7.03. The third-order valence-corrected chi connectivity index (χ3v) is 4.00. The minimum atomic E-state index is -0.354. The summed E-state index contributed by atoms with van der Waals surface area (Å²) >= 11 is 0. The maximum atomic E-state index is 13.9. The molecule has 0 aliphatic heterocycles. The van der Waals surface area contributed by atoms with Crippen LogP contribution in [0.15, 0.2) is 36.8 Å². The zero-order chi connectivity index (χ0) is 15.7. The Morgan fingerprint density at radius 1 is 1.27 bits per heavy atom. The quantitative estimate of drug-likeness (QED) is 0.736. The molecule has 0 aliphatic rings. The van der Waals surface area contributed by atoms with Gasteiger partial charge in [0.2, 0.25) is 0 Å². The summed E-state index contributed by atoms with van der Waals surface area (Å²) in [6.45, 7) is 4.09. The second-order valence-electron chi connectivity index (χ2n) is 5.20. The molecule has 0 radical (unpaired) electrons. The molecule has 1 atom stereocenters. The predicted molar refractivity (Wildman–Crippen MR) is 83.7 cm³/mol. The molecule has 22 heavy (non-hydrogen) atoms. The number of rotatable bonds is 4. The van der Waals surface area contributed by atoms with Crippen LogP contribution in [0.2, 0.25) is 0 Å². The second-order valence-corrected chi connectivity index (χ2v) is 5.20. The van der Waals surface area contributed by atoms with E-state index in [2.05, 4.69) is 16.9 Å². The van der Waals surface area contributed by atoms with Crippen molar-refractivity contribution in [1.29, 1.82) is 0 Å². The number of fused-ring (bicyclic) bond motifs is 1. The van der Waals surface area contributed by atoms with Crippen LogP contribution in [0, 0.1) is 5.82 Å². The number of benzene rings is 1. The average molecular weight is 299 g/mol. The van der Waals surface area contributed by atoms with Crippen molar-refractivity contribution in [1.82, 2.24) is 14.5 Å². The standard InChI is InChI=1S/C17H18FN3O/c1-4-15-13-7-8-21(17(13)20-10-19-15)11(2)12-5-6-16(22-3)14(18)9-12/h5-11H,4H2,1-3H3. The van der Waals surface area contributed by atoms with E-state index in [1.165, 1.54) is 13.2 Å². The third kappa shape index (κ3) is 2.32. The zero-order valence-electron chi connectivity index (χ0n) is 12.9. The summed E-state index contributed by atoms with van der Waals surface area (Å²) < 4.78 is 20.9. The van der Waals surface area contributed by atoms with Crippen molar-refractivity contribution in [3.8, 4) is 5.75 Å². The normalized spacial score (nSPS) is 12.5. The number of methoxy groups -OCH3 is 1. The highest BCUT2D eigenvalue weighted by molar-refractivity contribution is 5.78. The highest BCUT2D eigenvalue weighted by Gasteiger charge is 2.15. The van der Waals surface area contributed by atoms with Crippen LogP contribution in [0.3, 0.4) is 0 Å². The van der Waals surface area contributed by atoms with Crippen molar-refractivity contribution in [2.24, 2.45) is 0 Å². The number of halogens is 1. The van der Waals surface area contributed by atoms with Crippen LogP contribution >= 0.6 is 0 Å². The molecule has 0 saturated carbocycles. The van der Waals surface area contributed by atoms with Crippen molar-refractivity contribution < 1.29 is 9.13 Å². The molecule has 0 bridgehead atoms. The van der Waals surface area contributed by atoms with Gasteiger partial charge in [-0.3, -0.25) is 0 Å². The lowest BCUT2D eigenvalue weighted by molar-refractivity contribution is 0.385. The summed E-state index contributed by atoms with van der Waals surface area (Å²) in [7, 11) is 1.46. The molecular formula is C17H18FN3O. The molecule has 0 spiro atoms. The lowest BCUT2D eigenvalue weighted by Crippen LogP contribution is -2.07. The number of aryl methyl sites for hydroxylation is 1. The number of nitrogens with zero attached hydrogens (tertiary/aromatic N) is 3. The van der Waals surface area contributed by atoms with Crippen molar-refractivity contribution in [2.45, 2.75) is 26.3 Å². The van der Waals surface area contributed by atoms with E-state index in [1.54, 1.807) is 12.4 Å². The molecule has 1 aromatic carbocycles. The van der Waals surface area contributed by atoms with Gasteiger partial charge in [-0.2, -0.15) is 0 Å². The van der Waals surface area contributed by atoms with Gasteiger partial charge < -0.3 is 9.30 Å². The van der Waals surface area contributed by atoms with Gasteiger partial charge in [-0.15, -0.1) is 0 Å². The summed E-state index contributed by atoms with van der Waals surface area (Å²) in [4.78, 5) is 8.69. The number of hydrogen-bond donors (Lipinski definition) is 0. The highest BCUT2D eigenvalue weighted by Crippen LogP contribution is 2.27. The summed E-state index contributed by atoms with van der Waals surface area (Å²) in [5, 5.41) is 1.05. The lowest BCUT2D eigenvalue weighted by Gasteiger charge is -2.16. The van der Waals surface area contributed by atoms with E-state index in [4.69, 9.17) is 4.74 Å². The van der Waals surface area contributed by atoms with Gasteiger partial charge in [0, 0.05) is 11.6 Å². The van der Waals surface area contributed by atoms with Crippen molar-refractivity contribution in [3.63, 3.8) is 0 Å². The Labute approximate surface area is 128 Å². The lowest BCUT2D eigenvalue weighted by atomic mass is 10.1. The van der Waals surface area contributed by atoms with Gasteiger partial charge in [0.25, 0.3) is 0 Å². The van der Waals surface area contributed by atoms with Crippen LogP contribution in [-0.4, -0.2) is 21.6 Å². The van der Waals surface area contributed by atoms with Crippen LogP contribution in [0.25, 0.3) is 11.0 Å². The molecule has 2 heterocycles. The smallest absolute Gasteiger partial charge is 0.165 e. The average Bonchev–Trinajstić information content (AvgIpc) is 2.98. The van der Waals surface area contributed by atoms with E-state index < -0.39 is 0 Å². The van der Waals surface area contributed by atoms with Crippen LogP contribution in [0.5, 0.6) is 5.75 Å². The molecular weight excluding hydrogens is 281 g/mol. The summed E-state index contributed by atoms with van der Waals surface area (Å²) in [5.74, 6) is -0.101. The molecule has 4 nitrogen and oxygen atoms in total. The van der Waals surface area contributed by atoms with E-state index >= 15 is 0 Å². The van der Waals surface area contributed by atoms with E-state index in [9.17, 15) is 4.39 Å². The Hall–Kier alpha value is -2.43. The monoisotopic (exact) mass is 299 g/mol. The number of hydrogen-bond acceptors (Lipinski definition) is 3. The van der Waals surface area contributed by atoms with Crippen LogP contribution in [-0.2, 0) is 6.42 Å². The fourth-order valence-electron chi connectivity index (χ4n) is 2.72. The third-order valence-electron chi connectivity index (χ3n) is 4.00. The minimum absolute atomic E-state index is 0.0301. The first kappa shape index (κ1) is 14.5. The molecule has 3 aromatic rings. The van der Waals surface area contributed by atoms with Gasteiger partial charge in [-0.1, -0.05) is 13.0 Å². The molecule has 1 unspecified atom stereocenters. The van der Waals surface area contributed by atoms with E-state index in [1.807, 2.05) is 29.8 Å². The maximum Gasteiger partial charge on any atom is 0.165 e. The fraction of sp³-hybridized carbons (Fsp3) is 0.294. The Morgan fingerprint density at radius 2 is 2.09 bits per heavy atom. The predicted octanol–water partition coefficient (Wildman–Crippen LogP) is 3.75. The minimum Gasteiger partial charge on any atom is -0.494 e. The highest BCUT2D eigenvalue weighted by atomic mass is 19.1. The van der Waals surface area contributed by atoms with Crippen LogP contribution in [0.4, 0.5) is 4.39 Å². The first-order valence-electron chi connectivity index (χ1n) is 7.29. The zero-order valence-corrected chi connectivity index (χ0v) is 12.9. The summed E-state index contributed by atoms with van der Waals surface area (Å²) in [5.41, 5.74) is 2.76. The molecule has 0 fully saturated rings. The van der Waals surface area contributed by atoms with E-state index in [-0.39, 0.29) is 17.6 Å². The first-order chi connectivity index (χ1) is 10.7. The van der Waals surface area contributed by atoms with Crippen molar-refractivity contribution in [2.75, 3.05) is 7.11 Å². The topological polar surface area (TPSA) is 39.9 Å². The Morgan fingerprint density at radius 3 is 2.77 bits per heavy atom. The fourth-order valence-corrected chi connectivity index (χ4v) is 2.72. The van der Waals surface area contributed by atoms with Crippen molar-refractivity contribution >= 4 is 11.0 Å². The molecule has 0 amide bonds. The first-order valence-corrected chi connectivity index (χ1v) is 7.29. The van der Waals surface area contributed by atoms with Crippen LogP contribution < -0.4 is 4.74 Å². The largest absolute Gasteiger partial charge is 0.494 e. The van der Waals surface area contributed by atoms with Gasteiger partial charge in [0.1, 0.15) is 12.0 Å². The van der Waals surface area contributed by atoms with Gasteiger partial charge >= 0.3 is 0 Å². The van der Waals surface area contributed by atoms with Crippen LogP contribution in [0.1, 0.15) is 31.1 Å².